The molecule has 0 aromatic heterocycles. The Morgan fingerprint density at radius 3 is 2.50 bits per heavy atom. The highest BCUT2D eigenvalue weighted by molar-refractivity contribution is 6.30. The molecule has 0 aliphatic rings. The fourth-order valence-corrected chi connectivity index (χ4v) is 2.15. The topological polar surface area (TPSA) is 29.5 Å². The van der Waals surface area contributed by atoms with Gasteiger partial charge in [0.05, 0.1) is 6.61 Å². The number of hydrogen-bond acceptors (Lipinski definition) is 2. The first-order valence-corrected chi connectivity index (χ1v) is 7.25. The van der Waals surface area contributed by atoms with Crippen LogP contribution in [0.15, 0.2) is 48.5 Å². The first kappa shape index (κ1) is 14.9. The van der Waals surface area contributed by atoms with E-state index in [1.54, 1.807) is 12.1 Å². The third kappa shape index (κ3) is 3.99. The van der Waals surface area contributed by atoms with Gasteiger partial charge in [-0.1, -0.05) is 49.2 Å². The van der Waals surface area contributed by atoms with Gasteiger partial charge in [0.25, 0.3) is 0 Å². The third-order valence-electron chi connectivity index (χ3n) is 3.13. The highest BCUT2D eigenvalue weighted by atomic mass is 35.5. The van der Waals surface area contributed by atoms with Crippen molar-refractivity contribution in [3.8, 4) is 5.75 Å². The van der Waals surface area contributed by atoms with E-state index < -0.39 is 6.10 Å². The minimum Gasteiger partial charge on any atom is -0.494 e. The van der Waals surface area contributed by atoms with Gasteiger partial charge in [0.2, 0.25) is 0 Å². The summed E-state index contributed by atoms with van der Waals surface area (Å²) in [7, 11) is 0. The Bertz CT molecular complexity index is 537. The Balaban J connectivity index is 2.05. The molecular formula is C17H19ClO2. The van der Waals surface area contributed by atoms with Crippen molar-refractivity contribution in [2.24, 2.45) is 0 Å². The molecule has 2 nitrogen and oxygen atoms in total. The second-order valence-corrected chi connectivity index (χ2v) is 5.17. The van der Waals surface area contributed by atoms with E-state index in [4.69, 9.17) is 16.3 Å². The zero-order chi connectivity index (χ0) is 14.4. The van der Waals surface area contributed by atoms with E-state index in [2.05, 4.69) is 6.92 Å². The number of aliphatic hydroxyl groups excluding tert-OH is 1. The molecule has 0 radical (unpaired) electrons. The first-order valence-electron chi connectivity index (χ1n) is 6.87. The van der Waals surface area contributed by atoms with Crippen LogP contribution in [0.4, 0.5) is 0 Å². The summed E-state index contributed by atoms with van der Waals surface area (Å²) < 4.78 is 5.60. The molecule has 2 aromatic carbocycles. The van der Waals surface area contributed by atoms with Gasteiger partial charge in [-0.05, 0) is 41.8 Å². The molecular weight excluding hydrogens is 272 g/mol. The number of halogens is 1. The summed E-state index contributed by atoms with van der Waals surface area (Å²) in [5, 5.41) is 10.9. The maximum atomic E-state index is 10.3. The van der Waals surface area contributed by atoms with Crippen LogP contribution in [0.25, 0.3) is 0 Å². The molecule has 0 aliphatic carbocycles. The minimum absolute atomic E-state index is 0.626. The number of rotatable bonds is 6. The normalized spacial score (nSPS) is 12.2. The van der Waals surface area contributed by atoms with Crippen LogP contribution < -0.4 is 4.74 Å². The molecule has 0 fully saturated rings. The molecule has 1 unspecified atom stereocenters. The van der Waals surface area contributed by atoms with Crippen molar-refractivity contribution in [2.75, 3.05) is 6.61 Å². The fraction of sp³-hybridized carbons (Fsp3) is 0.294. The molecule has 3 heteroatoms. The van der Waals surface area contributed by atoms with Crippen LogP contribution >= 0.6 is 11.6 Å². The number of ether oxygens (including phenoxy) is 1. The number of benzene rings is 2. The van der Waals surface area contributed by atoms with Crippen molar-refractivity contribution < 1.29 is 9.84 Å². The zero-order valence-corrected chi connectivity index (χ0v) is 12.3. The van der Waals surface area contributed by atoms with Crippen LogP contribution in [0.1, 0.15) is 37.0 Å². The van der Waals surface area contributed by atoms with E-state index in [0.29, 0.717) is 5.02 Å². The molecule has 20 heavy (non-hydrogen) atoms. The third-order valence-corrected chi connectivity index (χ3v) is 3.36. The summed E-state index contributed by atoms with van der Waals surface area (Å²) in [6, 6.07) is 14.8. The zero-order valence-electron chi connectivity index (χ0n) is 11.6. The summed E-state index contributed by atoms with van der Waals surface area (Å²) in [6.45, 7) is 2.86. The van der Waals surface area contributed by atoms with Crippen LogP contribution in [0.2, 0.25) is 5.02 Å². The van der Waals surface area contributed by atoms with E-state index in [1.165, 1.54) is 0 Å². The van der Waals surface area contributed by atoms with Gasteiger partial charge < -0.3 is 9.84 Å². The van der Waals surface area contributed by atoms with E-state index in [0.717, 1.165) is 36.3 Å². The number of unbranched alkanes of at least 4 members (excludes halogenated alkanes) is 1. The summed E-state index contributed by atoms with van der Waals surface area (Å²) in [6.07, 6.45) is 1.50. The van der Waals surface area contributed by atoms with Crippen LogP contribution in [0.5, 0.6) is 5.75 Å². The van der Waals surface area contributed by atoms with Gasteiger partial charge in [-0.25, -0.2) is 0 Å². The minimum atomic E-state index is -0.668. The molecule has 0 saturated carbocycles. The van der Waals surface area contributed by atoms with Gasteiger partial charge in [0.15, 0.2) is 0 Å². The fourth-order valence-electron chi connectivity index (χ4n) is 1.95. The second-order valence-electron chi connectivity index (χ2n) is 4.73. The number of aliphatic hydroxyl groups is 1. The van der Waals surface area contributed by atoms with E-state index in [-0.39, 0.29) is 0 Å². The van der Waals surface area contributed by atoms with Crippen molar-refractivity contribution in [1.29, 1.82) is 0 Å². The van der Waals surface area contributed by atoms with Crippen molar-refractivity contribution in [2.45, 2.75) is 25.9 Å². The molecule has 0 spiro atoms. The van der Waals surface area contributed by atoms with Crippen molar-refractivity contribution in [3.05, 3.63) is 64.7 Å². The molecule has 106 valence electrons. The molecule has 1 N–H and O–H groups in total. The molecule has 0 bridgehead atoms. The van der Waals surface area contributed by atoms with E-state index in [1.807, 2.05) is 36.4 Å². The standard InChI is InChI=1S/C17H19ClO2/c1-2-3-11-20-16-9-7-13(8-10-16)17(19)14-5-4-6-15(18)12-14/h4-10,12,17,19H,2-3,11H2,1H3. The van der Waals surface area contributed by atoms with E-state index in [9.17, 15) is 5.11 Å². The van der Waals surface area contributed by atoms with Gasteiger partial charge in [0.1, 0.15) is 11.9 Å². The van der Waals surface area contributed by atoms with Crippen LogP contribution in [0, 0.1) is 0 Å². The highest BCUT2D eigenvalue weighted by Crippen LogP contribution is 2.25. The predicted octanol–water partition coefficient (Wildman–Crippen LogP) is 4.60. The summed E-state index contributed by atoms with van der Waals surface area (Å²) in [4.78, 5) is 0. The Morgan fingerprint density at radius 2 is 1.85 bits per heavy atom. The van der Waals surface area contributed by atoms with E-state index >= 15 is 0 Å². The molecule has 2 rings (SSSR count). The Labute approximate surface area is 125 Å². The monoisotopic (exact) mass is 290 g/mol. The maximum absolute atomic E-state index is 10.3. The molecule has 1 atom stereocenters. The lowest BCUT2D eigenvalue weighted by molar-refractivity contribution is 0.220. The Morgan fingerprint density at radius 1 is 1.10 bits per heavy atom. The average Bonchev–Trinajstić information content (AvgIpc) is 2.47. The van der Waals surface area contributed by atoms with Gasteiger partial charge in [-0.2, -0.15) is 0 Å². The summed E-state index contributed by atoms with van der Waals surface area (Å²) in [5.41, 5.74) is 1.62. The molecule has 0 heterocycles. The molecule has 0 aliphatic heterocycles. The number of hydrogen-bond donors (Lipinski definition) is 1. The Kier molecular flexibility index (Phi) is 5.45. The summed E-state index contributed by atoms with van der Waals surface area (Å²) >= 11 is 5.94. The van der Waals surface area contributed by atoms with Gasteiger partial charge in [-0.3, -0.25) is 0 Å². The van der Waals surface area contributed by atoms with Crippen LogP contribution in [0.3, 0.4) is 0 Å². The lowest BCUT2D eigenvalue weighted by Crippen LogP contribution is -2.00. The Hall–Kier alpha value is -1.51. The summed E-state index contributed by atoms with van der Waals surface area (Å²) in [5.74, 6) is 0.834. The van der Waals surface area contributed by atoms with Crippen LogP contribution in [-0.4, -0.2) is 11.7 Å². The SMILES string of the molecule is CCCCOc1ccc(C(O)c2cccc(Cl)c2)cc1. The smallest absolute Gasteiger partial charge is 0.119 e. The van der Waals surface area contributed by atoms with Crippen molar-refractivity contribution in [1.82, 2.24) is 0 Å². The quantitative estimate of drug-likeness (QED) is 0.788. The lowest BCUT2D eigenvalue weighted by Gasteiger charge is -2.13. The first-order chi connectivity index (χ1) is 9.70. The van der Waals surface area contributed by atoms with Gasteiger partial charge in [-0.15, -0.1) is 0 Å². The van der Waals surface area contributed by atoms with Crippen molar-refractivity contribution in [3.63, 3.8) is 0 Å². The largest absolute Gasteiger partial charge is 0.494 e. The predicted molar refractivity (Wildman–Crippen MR) is 82.4 cm³/mol. The van der Waals surface area contributed by atoms with Crippen molar-refractivity contribution >= 4 is 11.6 Å². The van der Waals surface area contributed by atoms with Gasteiger partial charge in [0, 0.05) is 5.02 Å². The molecule has 2 aromatic rings. The maximum Gasteiger partial charge on any atom is 0.119 e. The van der Waals surface area contributed by atoms with Gasteiger partial charge >= 0.3 is 0 Å². The lowest BCUT2D eigenvalue weighted by atomic mass is 10.0. The molecule has 0 amide bonds. The second kappa shape index (κ2) is 7.32. The highest BCUT2D eigenvalue weighted by Gasteiger charge is 2.10. The molecule has 0 saturated heterocycles. The average molecular weight is 291 g/mol. The van der Waals surface area contributed by atoms with Crippen LogP contribution in [-0.2, 0) is 0 Å².